The molecule has 0 aliphatic rings. The predicted molar refractivity (Wildman–Crippen MR) is 66.7 cm³/mol. The molecule has 0 saturated carbocycles. The van der Waals surface area contributed by atoms with Gasteiger partial charge in [-0.2, -0.15) is 0 Å². The number of hydrogen-bond acceptors (Lipinski definition) is 4. The van der Waals surface area contributed by atoms with Crippen LogP contribution in [-0.4, -0.2) is 25.1 Å². The fourth-order valence-electron chi connectivity index (χ4n) is 1.92. The van der Waals surface area contributed by atoms with Crippen molar-refractivity contribution in [1.29, 1.82) is 0 Å². The number of aliphatic hydroxyl groups is 1. The van der Waals surface area contributed by atoms with Gasteiger partial charge in [0.1, 0.15) is 5.52 Å². The second-order valence-electron chi connectivity index (χ2n) is 4.07. The zero-order chi connectivity index (χ0) is 12.4. The Morgan fingerprint density at radius 3 is 2.89 bits per heavy atom. The van der Waals surface area contributed by atoms with Gasteiger partial charge >= 0.3 is 0 Å². The second kappa shape index (κ2) is 4.54. The topological polar surface area (TPSA) is 63.8 Å². The summed E-state index contributed by atoms with van der Waals surface area (Å²) in [6.07, 6.45) is 3.17. The van der Waals surface area contributed by atoms with Gasteiger partial charge in [0.25, 0.3) is 0 Å². The van der Waals surface area contributed by atoms with E-state index in [2.05, 4.69) is 15.3 Å². The molecule has 1 N–H and O–H groups in total. The second-order valence-corrected chi connectivity index (χ2v) is 4.07. The van der Waals surface area contributed by atoms with Crippen molar-refractivity contribution >= 4 is 11.0 Å². The number of aliphatic hydroxyl groups excluding tert-OH is 1. The number of hydrogen-bond donors (Lipinski definition) is 1. The Morgan fingerprint density at radius 1 is 1.17 bits per heavy atom. The number of benzene rings is 1. The molecule has 2 aromatic heterocycles. The van der Waals surface area contributed by atoms with Crippen LogP contribution in [0.4, 0.5) is 0 Å². The number of nitrogens with zero attached hydrogens (tertiary/aromatic N) is 4. The van der Waals surface area contributed by atoms with Gasteiger partial charge in [0.2, 0.25) is 0 Å². The predicted octanol–water partition coefficient (Wildman–Crippen LogP) is 1.56. The number of rotatable bonds is 3. The molecule has 2 heterocycles. The van der Waals surface area contributed by atoms with Crippen LogP contribution in [0.25, 0.3) is 11.0 Å². The first-order valence-electron chi connectivity index (χ1n) is 5.71. The zero-order valence-electron chi connectivity index (χ0n) is 9.64. The van der Waals surface area contributed by atoms with Gasteiger partial charge < -0.3 is 5.11 Å². The van der Waals surface area contributed by atoms with E-state index in [1.165, 1.54) is 4.68 Å². The van der Waals surface area contributed by atoms with Crippen LogP contribution in [0.5, 0.6) is 0 Å². The summed E-state index contributed by atoms with van der Waals surface area (Å²) in [5.41, 5.74) is 2.57. The normalized spacial score (nSPS) is 12.7. The first kappa shape index (κ1) is 10.9. The Kier molecular flexibility index (Phi) is 2.74. The Morgan fingerprint density at radius 2 is 2.06 bits per heavy atom. The molecule has 1 atom stereocenters. The molecule has 1 unspecified atom stereocenters. The molecule has 0 aliphatic carbocycles. The van der Waals surface area contributed by atoms with Gasteiger partial charge in [-0.1, -0.05) is 23.4 Å². The van der Waals surface area contributed by atoms with Crippen LogP contribution in [0.3, 0.4) is 0 Å². The molecule has 5 nitrogen and oxygen atoms in total. The standard InChI is InChI=1S/C13H12N4O/c18-13(8-10-4-3-7-14-9-10)17-12-6-2-1-5-11(12)15-16-17/h1-7,9,13,18H,8H2. The van der Waals surface area contributed by atoms with Gasteiger partial charge in [-0.15, -0.1) is 5.10 Å². The van der Waals surface area contributed by atoms with Crippen LogP contribution in [0.2, 0.25) is 0 Å². The van der Waals surface area contributed by atoms with Crippen LogP contribution >= 0.6 is 0 Å². The molecular weight excluding hydrogens is 228 g/mol. The number of aromatic nitrogens is 4. The molecule has 0 saturated heterocycles. The van der Waals surface area contributed by atoms with Crippen LogP contribution < -0.4 is 0 Å². The summed E-state index contributed by atoms with van der Waals surface area (Å²) in [4.78, 5) is 4.02. The SMILES string of the molecule is OC(Cc1cccnc1)n1nnc2ccccc21. The van der Waals surface area contributed by atoms with E-state index in [0.29, 0.717) is 6.42 Å². The maximum Gasteiger partial charge on any atom is 0.153 e. The molecule has 1 aromatic carbocycles. The average molecular weight is 240 g/mol. The third kappa shape index (κ3) is 1.96. The molecule has 0 spiro atoms. The van der Waals surface area contributed by atoms with Crippen LogP contribution in [0, 0.1) is 0 Å². The first-order chi connectivity index (χ1) is 8.84. The van der Waals surface area contributed by atoms with E-state index < -0.39 is 6.23 Å². The highest BCUT2D eigenvalue weighted by Crippen LogP contribution is 2.16. The molecule has 90 valence electrons. The Hall–Kier alpha value is -2.27. The molecule has 0 radical (unpaired) electrons. The van der Waals surface area contributed by atoms with Crippen molar-refractivity contribution < 1.29 is 5.11 Å². The molecule has 3 rings (SSSR count). The number of fused-ring (bicyclic) bond motifs is 1. The minimum absolute atomic E-state index is 0.460. The molecule has 3 aromatic rings. The van der Waals surface area contributed by atoms with Crippen molar-refractivity contribution in [2.24, 2.45) is 0 Å². The first-order valence-corrected chi connectivity index (χ1v) is 5.71. The number of pyridine rings is 1. The molecule has 0 aliphatic heterocycles. The lowest BCUT2D eigenvalue weighted by atomic mass is 10.2. The van der Waals surface area contributed by atoms with E-state index >= 15 is 0 Å². The summed E-state index contributed by atoms with van der Waals surface area (Å²) in [7, 11) is 0. The smallest absolute Gasteiger partial charge is 0.153 e. The third-order valence-corrected chi connectivity index (χ3v) is 2.80. The van der Waals surface area contributed by atoms with Crippen molar-refractivity contribution in [1.82, 2.24) is 20.0 Å². The summed E-state index contributed by atoms with van der Waals surface area (Å²) < 4.78 is 1.53. The van der Waals surface area contributed by atoms with Crippen molar-refractivity contribution in [3.05, 3.63) is 54.4 Å². The molecular formula is C13H12N4O. The largest absolute Gasteiger partial charge is 0.371 e. The fraction of sp³-hybridized carbons (Fsp3) is 0.154. The van der Waals surface area contributed by atoms with Gasteiger partial charge in [0.15, 0.2) is 6.23 Å². The summed E-state index contributed by atoms with van der Waals surface area (Å²) in [6, 6.07) is 11.3. The van der Waals surface area contributed by atoms with Crippen LogP contribution in [-0.2, 0) is 6.42 Å². The quantitative estimate of drug-likeness (QED) is 0.754. The van der Waals surface area contributed by atoms with Crippen LogP contribution in [0.1, 0.15) is 11.8 Å². The molecule has 5 heteroatoms. The maximum atomic E-state index is 10.2. The summed E-state index contributed by atoms with van der Waals surface area (Å²) in [5, 5.41) is 18.2. The molecule has 0 amide bonds. The fourth-order valence-corrected chi connectivity index (χ4v) is 1.92. The number of para-hydroxylation sites is 1. The van der Waals surface area contributed by atoms with Gasteiger partial charge in [0, 0.05) is 18.8 Å². The molecule has 18 heavy (non-hydrogen) atoms. The van der Waals surface area contributed by atoms with E-state index in [0.717, 1.165) is 16.6 Å². The van der Waals surface area contributed by atoms with E-state index in [-0.39, 0.29) is 0 Å². The van der Waals surface area contributed by atoms with E-state index in [4.69, 9.17) is 0 Å². The van der Waals surface area contributed by atoms with Crippen molar-refractivity contribution in [2.75, 3.05) is 0 Å². The zero-order valence-corrected chi connectivity index (χ0v) is 9.64. The maximum absolute atomic E-state index is 10.2. The lowest BCUT2D eigenvalue weighted by molar-refractivity contribution is 0.0935. The Bertz CT molecular complexity index is 650. The highest BCUT2D eigenvalue weighted by atomic mass is 16.3. The van der Waals surface area contributed by atoms with Crippen molar-refractivity contribution in [3.63, 3.8) is 0 Å². The van der Waals surface area contributed by atoms with E-state index in [1.807, 2.05) is 36.4 Å². The summed E-state index contributed by atoms with van der Waals surface area (Å²) in [5.74, 6) is 0. The average Bonchev–Trinajstić information content (AvgIpc) is 2.84. The van der Waals surface area contributed by atoms with Crippen LogP contribution in [0.15, 0.2) is 48.8 Å². The highest BCUT2D eigenvalue weighted by molar-refractivity contribution is 5.73. The Balaban J connectivity index is 1.90. The van der Waals surface area contributed by atoms with Crippen molar-refractivity contribution in [2.45, 2.75) is 12.6 Å². The van der Waals surface area contributed by atoms with Gasteiger partial charge in [-0.05, 0) is 23.8 Å². The highest BCUT2D eigenvalue weighted by Gasteiger charge is 2.12. The third-order valence-electron chi connectivity index (χ3n) is 2.80. The summed E-state index contributed by atoms with van der Waals surface area (Å²) in [6.45, 7) is 0. The minimum atomic E-state index is -0.735. The van der Waals surface area contributed by atoms with E-state index in [1.54, 1.807) is 12.4 Å². The van der Waals surface area contributed by atoms with Gasteiger partial charge in [0.05, 0.1) is 5.52 Å². The minimum Gasteiger partial charge on any atom is -0.371 e. The van der Waals surface area contributed by atoms with Gasteiger partial charge in [-0.3, -0.25) is 4.98 Å². The molecule has 0 fully saturated rings. The lowest BCUT2D eigenvalue weighted by Gasteiger charge is -2.11. The van der Waals surface area contributed by atoms with E-state index in [9.17, 15) is 5.11 Å². The monoisotopic (exact) mass is 240 g/mol. The summed E-state index contributed by atoms with van der Waals surface area (Å²) >= 11 is 0. The Labute approximate surface area is 104 Å². The van der Waals surface area contributed by atoms with Gasteiger partial charge in [-0.25, -0.2) is 4.68 Å². The lowest BCUT2D eigenvalue weighted by Crippen LogP contribution is -2.12. The van der Waals surface area contributed by atoms with Crippen molar-refractivity contribution in [3.8, 4) is 0 Å². The molecule has 0 bridgehead atoms.